The van der Waals surface area contributed by atoms with E-state index in [0.717, 1.165) is 30.8 Å². The Balaban J connectivity index is 1.69. The smallest absolute Gasteiger partial charge is 0.167 e. The molecule has 0 aliphatic rings. The summed E-state index contributed by atoms with van der Waals surface area (Å²) in [6, 6.07) is 13.9. The summed E-state index contributed by atoms with van der Waals surface area (Å²) in [7, 11) is 5.71. The van der Waals surface area contributed by atoms with Gasteiger partial charge in [-0.3, -0.25) is 0 Å². The first kappa shape index (κ1) is 23.3. The monoisotopic (exact) mass is 464 g/mol. The van der Waals surface area contributed by atoms with Gasteiger partial charge >= 0.3 is 0 Å². The molecule has 2 heterocycles. The molecule has 0 aliphatic heterocycles. The van der Waals surface area contributed by atoms with Crippen LogP contribution in [0.4, 0.5) is 15.9 Å². The van der Waals surface area contributed by atoms with E-state index >= 15 is 0 Å². The quantitative estimate of drug-likeness (QED) is 0.266. The Kier molecular flexibility index (Phi) is 7.12. The molecule has 8 nitrogen and oxygen atoms in total. The predicted molar refractivity (Wildman–Crippen MR) is 132 cm³/mol. The van der Waals surface area contributed by atoms with Crippen molar-refractivity contribution < 1.29 is 13.9 Å². The molecule has 0 fully saturated rings. The van der Waals surface area contributed by atoms with E-state index in [2.05, 4.69) is 15.2 Å². The third-order valence-electron chi connectivity index (χ3n) is 5.34. The van der Waals surface area contributed by atoms with E-state index in [-0.39, 0.29) is 5.75 Å². The van der Waals surface area contributed by atoms with Crippen molar-refractivity contribution in [1.29, 1.82) is 0 Å². The lowest BCUT2D eigenvalue weighted by Gasteiger charge is -2.11. The molecule has 4 aromatic rings. The van der Waals surface area contributed by atoms with E-state index in [9.17, 15) is 4.39 Å². The topological polar surface area (TPSA) is 90.5 Å². The van der Waals surface area contributed by atoms with Crippen LogP contribution in [0.15, 0.2) is 54.7 Å². The Morgan fingerprint density at radius 1 is 1.09 bits per heavy atom. The third-order valence-corrected chi connectivity index (χ3v) is 5.34. The molecule has 0 saturated carbocycles. The minimum atomic E-state index is -0.531. The number of nitrogens with one attached hydrogen (secondary N) is 1. The van der Waals surface area contributed by atoms with E-state index in [4.69, 9.17) is 20.3 Å². The zero-order valence-corrected chi connectivity index (χ0v) is 19.6. The highest BCUT2D eigenvalue weighted by Gasteiger charge is 2.18. The summed E-state index contributed by atoms with van der Waals surface area (Å²) in [6.07, 6.45) is 2.57. The Morgan fingerprint density at radius 3 is 2.59 bits per heavy atom. The lowest BCUT2D eigenvalue weighted by Crippen LogP contribution is -2.16. The van der Waals surface area contributed by atoms with Crippen LogP contribution in [0.5, 0.6) is 17.2 Å². The van der Waals surface area contributed by atoms with Gasteiger partial charge in [0.25, 0.3) is 0 Å². The predicted octanol–water partition coefficient (Wildman–Crippen LogP) is 4.37. The molecule has 0 bridgehead atoms. The van der Waals surface area contributed by atoms with Crippen molar-refractivity contribution in [3.05, 3.63) is 66.1 Å². The number of anilines is 2. The standard InChI is InChI=1S/C25H29FN6O2/c1-31(2)14-4-12-28-24-23-22(34-21-10-7-18(27)15-20(21)26)11-13-29-25(23)32(30-24)16-17-5-8-19(33-3)9-6-17/h5-11,13,15H,4,12,14,16,27H2,1-3H3,(H,28,30). The number of hydrogen-bond donors (Lipinski definition) is 2. The third kappa shape index (κ3) is 5.37. The van der Waals surface area contributed by atoms with E-state index < -0.39 is 5.82 Å². The average molecular weight is 465 g/mol. The zero-order chi connectivity index (χ0) is 24.1. The molecular formula is C25H29FN6O2. The Morgan fingerprint density at radius 2 is 1.88 bits per heavy atom. The summed E-state index contributed by atoms with van der Waals surface area (Å²) < 4.78 is 27.5. The first-order valence-corrected chi connectivity index (χ1v) is 11.0. The SMILES string of the molecule is COc1ccc(Cn2nc(NCCCN(C)C)c3c(Oc4ccc(N)cc4F)ccnc32)cc1. The van der Waals surface area contributed by atoms with Crippen LogP contribution >= 0.6 is 0 Å². The van der Waals surface area contributed by atoms with Gasteiger partial charge in [-0.05, 0) is 56.9 Å². The number of nitrogens with two attached hydrogens (primary N) is 1. The van der Waals surface area contributed by atoms with Gasteiger partial charge in [0, 0.05) is 30.6 Å². The number of methoxy groups -OCH3 is 1. The largest absolute Gasteiger partial charge is 0.497 e. The maximum atomic E-state index is 14.4. The van der Waals surface area contributed by atoms with Gasteiger partial charge < -0.3 is 25.4 Å². The first-order valence-electron chi connectivity index (χ1n) is 11.0. The molecule has 0 aliphatic carbocycles. The highest BCUT2D eigenvalue weighted by molar-refractivity contribution is 5.93. The lowest BCUT2D eigenvalue weighted by atomic mass is 10.2. The normalized spacial score (nSPS) is 11.2. The second kappa shape index (κ2) is 10.4. The van der Waals surface area contributed by atoms with Crippen LogP contribution in [0.3, 0.4) is 0 Å². The van der Waals surface area contributed by atoms with Crippen molar-refractivity contribution in [2.45, 2.75) is 13.0 Å². The molecule has 0 spiro atoms. The number of fused-ring (bicyclic) bond motifs is 1. The molecule has 178 valence electrons. The molecule has 34 heavy (non-hydrogen) atoms. The van der Waals surface area contributed by atoms with Crippen molar-refractivity contribution in [3.8, 4) is 17.2 Å². The van der Waals surface area contributed by atoms with Crippen LogP contribution in [0.2, 0.25) is 0 Å². The molecule has 0 saturated heterocycles. The van der Waals surface area contributed by atoms with Crippen LogP contribution in [0.1, 0.15) is 12.0 Å². The molecule has 4 rings (SSSR count). The van der Waals surface area contributed by atoms with E-state index in [0.29, 0.717) is 34.8 Å². The van der Waals surface area contributed by atoms with Crippen LogP contribution in [0, 0.1) is 5.82 Å². The molecule has 0 unspecified atom stereocenters. The van der Waals surface area contributed by atoms with Crippen molar-refractivity contribution in [2.24, 2.45) is 0 Å². The summed E-state index contributed by atoms with van der Waals surface area (Å²) in [5.74, 6) is 1.45. The maximum Gasteiger partial charge on any atom is 0.167 e. The number of hydrogen-bond acceptors (Lipinski definition) is 7. The molecule has 0 atom stereocenters. The summed E-state index contributed by atoms with van der Waals surface area (Å²) >= 11 is 0. The number of nitrogens with zero attached hydrogens (tertiary/aromatic N) is 4. The highest BCUT2D eigenvalue weighted by Crippen LogP contribution is 2.35. The summed E-state index contributed by atoms with van der Waals surface area (Å²) in [5, 5.41) is 8.88. The van der Waals surface area contributed by atoms with Crippen LogP contribution in [0.25, 0.3) is 11.0 Å². The van der Waals surface area contributed by atoms with Gasteiger partial charge in [0.2, 0.25) is 0 Å². The zero-order valence-electron chi connectivity index (χ0n) is 19.6. The number of aromatic nitrogens is 3. The summed E-state index contributed by atoms with van der Waals surface area (Å²) in [4.78, 5) is 6.69. The number of pyridine rings is 1. The maximum absolute atomic E-state index is 14.4. The highest BCUT2D eigenvalue weighted by atomic mass is 19.1. The van der Waals surface area contributed by atoms with Crippen molar-refractivity contribution in [2.75, 3.05) is 45.3 Å². The number of ether oxygens (including phenoxy) is 2. The Labute approximate surface area is 198 Å². The molecular weight excluding hydrogens is 435 g/mol. The minimum absolute atomic E-state index is 0.0863. The van der Waals surface area contributed by atoms with Gasteiger partial charge in [0.05, 0.1) is 13.7 Å². The second-order valence-corrected chi connectivity index (χ2v) is 8.24. The fraction of sp³-hybridized carbons (Fsp3) is 0.280. The van der Waals surface area contributed by atoms with Crippen molar-refractivity contribution >= 4 is 22.5 Å². The molecule has 0 radical (unpaired) electrons. The van der Waals surface area contributed by atoms with Gasteiger partial charge in [0.1, 0.15) is 16.9 Å². The van der Waals surface area contributed by atoms with E-state index in [1.807, 2.05) is 43.0 Å². The molecule has 2 aromatic carbocycles. The van der Waals surface area contributed by atoms with Crippen molar-refractivity contribution in [1.82, 2.24) is 19.7 Å². The fourth-order valence-electron chi connectivity index (χ4n) is 3.61. The number of rotatable bonds is 10. The Bertz CT molecular complexity index is 1260. The van der Waals surface area contributed by atoms with Crippen molar-refractivity contribution in [3.63, 3.8) is 0 Å². The molecule has 9 heteroatoms. The number of halogens is 1. The van der Waals surface area contributed by atoms with Gasteiger partial charge in [-0.25, -0.2) is 14.1 Å². The van der Waals surface area contributed by atoms with Gasteiger partial charge in [0.15, 0.2) is 23.0 Å². The molecule has 3 N–H and O–H groups in total. The Hall–Kier alpha value is -3.85. The van der Waals surface area contributed by atoms with Crippen LogP contribution in [-0.4, -0.2) is 54.0 Å². The van der Waals surface area contributed by atoms with Gasteiger partial charge in [-0.15, -0.1) is 0 Å². The summed E-state index contributed by atoms with van der Waals surface area (Å²) in [5.41, 5.74) is 7.69. The minimum Gasteiger partial charge on any atom is -0.497 e. The fourth-order valence-corrected chi connectivity index (χ4v) is 3.61. The van der Waals surface area contributed by atoms with E-state index in [1.165, 1.54) is 12.1 Å². The molecule has 0 amide bonds. The number of nitrogen functional groups attached to an aromatic ring is 1. The molecule has 2 aromatic heterocycles. The number of benzene rings is 2. The van der Waals surface area contributed by atoms with Crippen LogP contribution < -0.4 is 20.5 Å². The average Bonchev–Trinajstić information content (AvgIpc) is 3.17. The van der Waals surface area contributed by atoms with E-state index in [1.54, 1.807) is 25.4 Å². The summed E-state index contributed by atoms with van der Waals surface area (Å²) in [6.45, 7) is 2.17. The lowest BCUT2D eigenvalue weighted by molar-refractivity contribution is 0.405. The van der Waals surface area contributed by atoms with Crippen LogP contribution in [-0.2, 0) is 6.54 Å². The van der Waals surface area contributed by atoms with Gasteiger partial charge in [-0.1, -0.05) is 12.1 Å². The first-order chi connectivity index (χ1) is 16.4. The second-order valence-electron chi connectivity index (χ2n) is 8.24. The van der Waals surface area contributed by atoms with Gasteiger partial charge in [-0.2, -0.15) is 5.10 Å².